The molecule has 0 amide bonds. The molecule has 0 saturated heterocycles. The molecule has 0 aliphatic heterocycles. The molecule has 2 aromatic carbocycles. The largest absolute Gasteiger partial charge is 0.493 e. The van der Waals surface area contributed by atoms with Gasteiger partial charge in [-0.2, -0.15) is 0 Å². The molecular formula is C38H43BrN6O10S2. The molecule has 0 unspecified atom stereocenters. The van der Waals surface area contributed by atoms with Crippen molar-refractivity contribution < 1.29 is 35.8 Å². The Bertz CT molecular complexity index is 2790. The SMILES string of the molecule is CCOc1cc([C@H](CS(C)(=O)=O)n2c(=O)[nH]c3cc(CCCOc4cc([C@H](CS(C)(=O)=O)n5c(=O)n(C)c6cc(Br)cnc65)ccc4OC)cnc32)ccc1OC. The highest BCUT2D eigenvalue weighted by atomic mass is 79.9. The summed E-state index contributed by atoms with van der Waals surface area (Å²) in [6.45, 7) is 2.41. The van der Waals surface area contributed by atoms with Gasteiger partial charge in [0.25, 0.3) is 0 Å². The van der Waals surface area contributed by atoms with Crippen LogP contribution in [0.4, 0.5) is 0 Å². The molecule has 0 spiro atoms. The van der Waals surface area contributed by atoms with E-state index in [1.807, 2.05) is 6.92 Å². The molecule has 0 saturated carbocycles. The fourth-order valence-corrected chi connectivity index (χ4v) is 8.98. The lowest BCUT2D eigenvalue weighted by Gasteiger charge is -2.20. The molecule has 1 N–H and O–H groups in total. The third-order valence-corrected chi connectivity index (χ3v) is 11.6. The first-order valence-corrected chi connectivity index (χ1v) is 22.7. The Morgan fingerprint density at radius 1 is 0.772 bits per heavy atom. The zero-order valence-corrected chi connectivity index (χ0v) is 35.4. The number of hydrogen-bond acceptors (Lipinski definition) is 12. The van der Waals surface area contributed by atoms with Gasteiger partial charge in [0, 0.05) is 36.4 Å². The number of sulfone groups is 2. The maximum absolute atomic E-state index is 13.5. The number of pyridine rings is 2. The quantitative estimate of drug-likeness (QED) is 0.128. The summed E-state index contributed by atoms with van der Waals surface area (Å²) in [6.07, 6.45) is 6.44. The number of benzene rings is 2. The van der Waals surface area contributed by atoms with Crippen LogP contribution < -0.4 is 30.3 Å². The van der Waals surface area contributed by atoms with Gasteiger partial charge in [-0.05, 0) is 88.8 Å². The minimum atomic E-state index is -3.58. The number of aryl methyl sites for hydroxylation is 2. The lowest BCUT2D eigenvalue weighted by atomic mass is 10.1. The first-order valence-electron chi connectivity index (χ1n) is 17.8. The van der Waals surface area contributed by atoms with E-state index < -0.39 is 43.1 Å². The molecule has 57 heavy (non-hydrogen) atoms. The monoisotopic (exact) mass is 886 g/mol. The molecule has 304 valence electrons. The summed E-state index contributed by atoms with van der Waals surface area (Å²) >= 11 is 3.39. The summed E-state index contributed by atoms with van der Waals surface area (Å²) in [5.74, 6) is 0.952. The van der Waals surface area contributed by atoms with Gasteiger partial charge in [0.05, 0.1) is 62.1 Å². The Hall–Kier alpha value is -5.14. The molecule has 0 aliphatic carbocycles. The Morgan fingerprint density at radius 3 is 1.93 bits per heavy atom. The zero-order valence-electron chi connectivity index (χ0n) is 32.2. The van der Waals surface area contributed by atoms with Gasteiger partial charge in [0.1, 0.15) is 19.7 Å². The van der Waals surface area contributed by atoms with Crippen molar-refractivity contribution in [2.75, 3.05) is 51.5 Å². The normalized spacial score (nSPS) is 13.2. The summed E-state index contributed by atoms with van der Waals surface area (Å²) in [4.78, 5) is 38.8. The molecule has 4 heterocycles. The van der Waals surface area contributed by atoms with E-state index in [0.29, 0.717) is 80.4 Å². The van der Waals surface area contributed by atoms with Crippen molar-refractivity contribution in [1.82, 2.24) is 28.7 Å². The summed E-state index contributed by atoms with van der Waals surface area (Å²) in [7, 11) is -2.53. The Balaban J connectivity index is 1.24. The van der Waals surface area contributed by atoms with Gasteiger partial charge in [-0.25, -0.2) is 36.4 Å². The van der Waals surface area contributed by atoms with Crippen molar-refractivity contribution in [3.8, 4) is 23.0 Å². The van der Waals surface area contributed by atoms with Crippen LogP contribution in [0.2, 0.25) is 0 Å². The van der Waals surface area contributed by atoms with E-state index in [-0.39, 0.29) is 18.1 Å². The number of ether oxygens (including phenoxy) is 4. The summed E-state index contributed by atoms with van der Waals surface area (Å²) in [5, 5.41) is 0. The highest BCUT2D eigenvalue weighted by Crippen LogP contribution is 2.35. The van der Waals surface area contributed by atoms with E-state index in [4.69, 9.17) is 18.9 Å². The van der Waals surface area contributed by atoms with Crippen molar-refractivity contribution in [3.05, 3.63) is 103 Å². The molecular weight excluding hydrogens is 844 g/mol. The Morgan fingerprint density at radius 2 is 1.35 bits per heavy atom. The van der Waals surface area contributed by atoms with Gasteiger partial charge in [0.2, 0.25) is 0 Å². The fourth-order valence-electron chi connectivity index (χ4n) is 6.83. The number of hydrogen-bond donors (Lipinski definition) is 1. The van der Waals surface area contributed by atoms with Crippen molar-refractivity contribution in [1.29, 1.82) is 0 Å². The van der Waals surface area contributed by atoms with Gasteiger partial charge in [-0.15, -0.1) is 0 Å². The first kappa shape index (κ1) is 41.5. The van der Waals surface area contributed by atoms with Crippen LogP contribution in [0.3, 0.4) is 0 Å². The summed E-state index contributed by atoms with van der Waals surface area (Å²) < 4.78 is 78.3. The van der Waals surface area contributed by atoms with Crippen LogP contribution in [0, 0.1) is 0 Å². The van der Waals surface area contributed by atoms with Crippen LogP contribution in [-0.4, -0.2) is 96.9 Å². The van der Waals surface area contributed by atoms with E-state index in [1.165, 1.54) is 27.9 Å². The average molecular weight is 888 g/mol. The van der Waals surface area contributed by atoms with Crippen molar-refractivity contribution in [2.45, 2.75) is 31.8 Å². The van der Waals surface area contributed by atoms with Gasteiger partial charge in [0.15, 0.2) is 34.3 Å². The van der Waals surface area contributed by atoms with Crippen molar-refractivity contribution in [3.63, 3.8) is 0 Å². The van der Waals surface area contributed by atoms with Crippen LogP contribution in [0.15, 0.2) is 75.0 Å². The van der Waals surface area contributed by atoms with E-state index in [9.17, 15) is 26.4 Å². The van der Waals surface area contributed by atoms with E-state index in [2.05, 4.69) is 30.9 Å². The molecule has 4 aromatic heterocycles. The van der Waals surface area contributed by atoms with E-state index in [1.54, 1.807) is 68.0 Å². The van der Waals surface area contributed by atoms with Gasteiger partial charge in [-0.3, -0.25) is 13.7 Å². The molecule has 2 atom stereocenters. The molecule has 0 aliphatic rings. The maximum atomic E-state index is 13.5. The molecule has 0 fully saturated rings. The summed E-state index contributed by atoms with van der Waals surface area (Å²) in [5.41, 5.74) is 2.50. The number of halogens is 1. The summed E-state index contributed by atoms with van der Waals surface area (Å²) in [6, 6.07) is 11.8. The minimum Gasteiger partial charge on any atom is -0.493 e. The number of H-pyrrole nitrogens is 1. The minimum absolute atomic E-state index is 0.228. The predicted octanol–water partition coefficient (Wildman–Crippen LogP) is 4.23. The smallest absolute Gasteiger partial charge is 0.330 e. The average Bonchev–Trinajstić information content (AvgIpc) is 3.61. The molecule has 19 heteroatoms. The number of aromatic nitrogens is 6. The van der Waals surface area contributed by atoms with E-state index in [0.717, 1.165) is 18.1 Å². The molecule has 0 radical (unpaired) electrons. The van der Waals surface area contributed by atoms with Crippen LogP contribution in [0.25, 0.3) is 22.3 Å². The first-order chi connectivity index (χ1) is 27.0. The van der Waals surface area contributed by atoms with Crippen LogP contribution in [-0.2, 0) is 33.1 Å². The lowest BCUT2D eigenvalue weighted by molar-refractivity contribution is 0.289. The third-order valence-electron chi connectivity index (χ3n) is 9.36. The number of aromatic amines is 1. The van der Waals surface area contributed by atoms with Gasteiger partial charge < -0.3 is 23.9 Å². The second-order valence-electron chi connectivity index (χ2n) is 13.6. The predicted molar refractivity (Wildman–Crippen MR) is 220 cm³/mol. The molecule has 6 aromatic rings. The second-order valence-corrected chi connectivity index (χ2v) is 18.9. The fraction of sp³-hybridized carbons (Fsp3) is 0.368. The molecule has 16 nitrogen and oxygen atoms in total. The molecule has 6 rings (SSSR count). The van der Waals surface area contributed by atoms with Crippen LogP contribution in [0.5, 0.6) is 23.0 Å². The maximum Gasteiger partial charge on any atom is 0.330 e. The molecule has 0 bridgehead atoms. The Kier molecular flexibility index (Phi) is 12.2. The third kappa shape index (κ3) is 9.20. The number of rotatable bonds is 17. The van der Waals surface area contributed by atoms with Crippen molar-refractivity contribution in [2.24, 2.45) is 7.05 Å². The lowest BCUT2D eigenvalue weighted by Crippen LogP contribution is -2.31. The number of nitrogens with zero attached hydrogens (tertiary/aromatic N) is 5. The number of nitrogens with one attached hydrogen (secondary N) is 1. The standard InChI is InChI=1S/C38H43BrN6O10S2/c1-7-54-33-16-24(10-12-31(33)52-3)29(21-56(5,48)49)44-35-27(42-37(44)46)15-23(19-40-35)9-8-14-55-34-17-25(11-13-32(34)53-4)30(22-57(6,50)51)45-36-28(43(2)38(45)47)18-26(39)20-41-36/h10-13,15-20,29-30H,7-9,14,21-22H2,1-6H3,(H,42,46)/t29-,30-/m0/s1. The number of imidazole rings is 2. The second kappa shape index (κ2) is 16.8. The van der Waals surface area contributed by atoms with Crippen LogP contribution in [0.1, 0.15) is 42.1 Å². The van der Waals surface area contributed by atoms with Gasteiger partial charge in [-0.1, -0.05) is 12.1 Å². The Labute approximate surface area is 337 Å². The highest BCUT2D eigenvalue weighted by molar-refractivity contribution is 9.10. The van der Waals surface area contributed by atoms with Crippen LogP contribution >= 0.6 is 15.9 Å². The highest BCUT2D eigenvalue weighted by Gasteiger charge is 2.28. The topological polar surface area (TPSA) is 196 Å². The zero-order chi connectivity index (χ0) is 41.2. The van der Waals surface area contributed by atoms with E-state index >= 15 is 0 Å². The van der Waals surface area contributed by atoms with Gasteiger partial charge >= 0.3 is 11.4 Å². The number of methoxy groups -OCH3 is 2. The number of fused-ring (bicyclic) bond motifs is 2. The van der Waals surface area contributed by atoms with Crippen molar-refractivity contribution >= 4 is 57.9 Å².